The number of carbonyl (C=O) groups is 1. The molecule has 0 atom stereocenters. The largest absolute Gasteiger partial charge is 0.293 e. The minimum atomic E-state index is -0.375. The Bertz CT molecular complexity index is 709. The molecule has 0 saturated carbocycles. The minimum absolute atomic E-state index is 0.00685. The van der Waals surface area contributed by atoms with Crippen LogP contribution in [-0.4, -0.2) is 10.8 Å². The average molecular weight is 405 g/mol. The van der Waals surface area contributed by atoms with E-state index in [0.717, 1.165) is 5.01 Å². The second-order valence-electron chi connectivity index (χ2n) is 6.06. The summed E-state index contributed by atoms with van der Waals surface area (Å²) in [6.07, 6.45) is 2.31. The van der Waals surface area contributed by atoms with Crippen molar-refractivity contribution in [3.63, 3.8) is 0 Å². The summed E-state index contributed by atoms with van der Waals surface area (Å²) in [4.78, 5) is 17.2. The van der Waals surface area contributed by atoms with Gasteiger partial charge in [-0.05, 0) is 40.0 Å². The number of nitrogens with zero attached hydrogens (tertiary/aromatic N) is 1. The van der Waals surface area contributed by atoms with Crippen LogP contribution in [0, 0.1) is 5.82 Å². The molecule has 0 fully saturated rings. The number of ketones is 1. The second-order valence-corrected chi connectivity index (χ2v) is 8.35. The predicted octanol–water partition coefficient (Wildman–Crippen LogP) is 5.81. The fourth-order valence-electron chi connectivity index (χ4n) is 1.88. The van der Waals surface area contributed by atoms with Gasteiger partial charge in [-0.1, -0.05) is 32.4 Å². The van der Waals surface area contributed by atoms with Crippen molar-refractivity contribution in [3.8, 4) is 0 Å². The Hall–Kier alpha value is -0.780. The maximum atomic E-state index is 13.5. The van der Waals surface area contributed by atoms with Crippen molar-refractivity contribution >= 4 is 44.7 Å². The summed E-state index contributed by atoms with van der Waals surface area (Å²) >= 11 is 10.6. The van der Waals surface area contributed by atoms with Crippen molar-refractivity contribution in [1.82, 2.24) is 4.98 Å². The third-order valence-electron chi connectivity index (χ3n) is 3.13. The van der Waals surface area contributed by atoms with Crippen LogP contribution in [-0.2, 0) is 11.8 Å². The van der Waals surface area contributed by atoms with Gasteiger partial charge in [-0.15, -0.1) is 11.3 Å². The van der Waals surface area contributed by atoms with E-state index < -0.39 is 0 Å². The topological polar surface area (TPSA) is 30.0 Å². The summed E-state index contributed by atoms with van der Waals surface area (Å²) in [6.45, 7) is 6.18. The maximum absolute atomic E-state index is 13.5. The van der Waals surface area contributed by atoms with Crippen molar-refractivity contribution in [1.29, 1.82) is 0 Å². The highest BCUT2D eigenvalue weighted by Gasteiger charge is 2.20. The van der Waals surface area contributed by atoms with E-state index >= 15 is 0 Å². The lowest BCUT2D eigenvalue weighted by atomic mass is 9.98. The third kappa shape index (κ3) is 4.15. The molecule has 2 aromatic rings. The molecule has 1 heterocycles. The number of aryl methyl sites for hydroxylation is 1. The molecule has 0 bridgehead atoms. The van der Waals surface area contributed by atoms with Crippen LogP contribution in [0.4, 0.5) is 4.39 Å². The van der Waals surface area contributed by atoms with Crippen molar-refractivity contribution in [2.75, 3.05) is 0 Å². The number of Topliss-reactive ketones (excluding diaryl/α,β-unsaturated/α-hetero) is 1. The number of aromatic nitrogens is 1. The van der Waals surface area contributed by atoms with Crippen molar-refractivity contribution < 1.29 is 9.18 Å². The van der Waals surface area contributed by atoms with Gasteiger partial charge < -0.3 is 0 Å². The van der Waals surface area contributed by atoms with Crippen LogP contribution in [0.15, 0.2) is 22.8 Å². The minimum Gasteiger partial charge on any atom is -0.293 e. The van der Waals surface area contributed by atoms with Gasteiger partial charge in [0, 0.05) is 23.1 Å². The normalized spacial score (nSPS) is 11.7. The molecule has 0 unspecified atom stereocenters. The molecule has 0 aliphatic heterocycles. The van der Waals surface area contributed by atoms with E-state index in [0.29, 0.717) is 26.4 Å². The molecule has 1 aromatic heterocycles. The highest BCUT2D eigenvalue weighted by Crippen LogP contribution is 2.29. The lowest BCUT2D eigenvalue weighted by Crippen LogP contribution is -2.09. The Labute approximate surface area is 146 Å². The maximum Gasteiger partial charge on any atom is 0.174 e. The highest BCUT2D eigenvalue weighted by atomic mass is 79.9. The van der Waals surface area contributed by atoms with Crippen LogP contribution in [0.5, 0.6) is 0 Å². The number of rotatable bonds is 4. The van der Waals surface area contributed by atoms with Crippen molar-refractivity contribution in [2.24, 2.45) is 0 Å². The highest BCUT2D eigenvalue weighted by molar-refractivity contribution is 9.10. The molecule has 22 heavy (non-hydrogen) atoms. The standard InChI is InChI=1S/C16H16BrClFNOS/c1-16(2,3)15-20-8-14(22-15)13(21)5-4-9-6-12(19)10(17)7-11(9)18/h6-8H,4-5H2,1-3H3. The average Bonchev–Trinajstić information content (AvgIpc) is 2.90. The SMILES string of the molecule is CC(C)(C)c1ncc(C(=O)CCc2cc(F)c(Br)cc2Cl)s1. The summed E-state index contributed by atoms with van der Waals surface area (Å²) in [5.41, 5.74) is 0.567. The smallest absolute Gasteiger partial charge is 0.174 e. The van der Waals surface area contributed by atoms with Gasteiger partial charge in [0.2, 0.25) is 0 Å². The first kappa shape index (κ1) is 17.6. The zero-order valence-corrected chi connectivity index (χ0v) is 15.7. The number of hydrogen-bond donors (Lipinski definition) is 0. The second kappa shape index (κ2) is 6.77. The van der Waals surface area contributed by atoms with Gasteiger partial charge in [0.1, 0.15) is 5.82 Å². The van der Waals surface area contributed by atoms with Crippen LogP contribution in [0.3, 0.4) is 0 Å². The lowest BCUT2D eigenvalue weighted by Gasteiger charge is -2.13. The Morgan fingerprint density at radius 1 is 1.41 bits per heavy atom. The fraction of sp³-hybridized carbons (Fsp3) is 0.375. The molecule has 0 saturated heterocycles. The number of hydrogen-bond acceptors (Lipinski definition) is 3. The molecule has 2 rings (SSSR count). The molecular formula is C16H16BrClFNOS. The van der Waals surface area contributed by atoms with Gasteiger partial charge in [0.15, 0.2) is 5.78 Å². The summed E-state index contributed by atoms with van der Waals surface area (Å²) in [5, 5.41) is 1.39. The molecule has 0 spiro atoms. The summed E-state index contributed by atoms with van der Waals surface area (Å²) < 4.78 is 13.9. The summed E-state index contributed by atoms with van der Waals surface area (Å²) in [5.74, 6) is -0.368. The zero-order valence-electron chi connectivity index (χ0n) is 12.5. The van der Waals surface area contributed by atoms with Gasteiger partial charge in [0.25, 0.3) is 0 Å². The van der Waals surface area contributed by atoms with E-state index in [1.807, 2.05) is 0 Å². The van der Waals surface area contributed by atoms with E-state index in [4.69, 9.17) is 11.6 Å². The number of thiazole rings is 1. The van der Waals surface area contributed by atoms with Crippen molar-refractivity contribution in [2.45, 2.75) is 39.0 Å². The molecule has 0 amide bonds. The monoisotopic (exact) mass is 403 g/mol. The van der Waals surface area contributed by atoms with E-state index in [1.54, 1.807) is 6.20 Å². The Morgan fingerprint density at radius 3 is 2.68 bits per heavy atom. The van der Waals surface area contributed by atoms with Gasteiger partial charge in [-0.2, -0.15) is 0 Å². The lowest BCUT2D eigenvalue weighted by molar-refractivity contribution is 0.0986. The molecule has 0 aliphatic rings. The van der Waals surface area contributed by atoms with Gasteiger partial charge >= 0.3 is 0 Å². The van der Waals surface area contributed by atoms with E-state index in [1.165, 1.54) is 23.5 Å². The molecule has 0 radical (unpaired) electrons. The molecule has 6 heteroatoms. The van der Waals surface area contributed by atoms with Crippen LogP contribution < -0.4 is 0 Å². The Balaban J connectivity index is 2.07. The van der Waals surface area contributed by atoms with Gasteiger partial charge in [0.05, 0.1) is 14.4 Å². The van der Waals surface area contributed by atoms with Crippen molar-refractivity contribution in [3.05, 3.63) is 49.1 Å². The quantitative estimate of drug-likeness (QED) is 0.475. The molecule has 2 nitrogen and oxygen atoms in total. The van der Waals surface area contributed by atoms with Crippen LogP contribution in [0.1, 0.15) is 47.4 Å². The number of halogens is 3. The van der Waals surface area contributed by atoms with Crippen LogP contribution in [0.25, 0.3) is 0 Å². The van der Waals surface area contributed by atoms with Gasteiger partial charge in [-0.25, -0.2) is 9.37 Å². The predicted molar refractivity (Wildman–Crippen MR) is 92.6 cm³/mol. The first-order chi connectivity index (χ1) is 10.2. The van der Waals surface area contributed by atoms with E-state index in [2.05, 4.69) is 41.7 Å². The molecular weight excluding hydrogens is 389 g/mol. The van der Waals surface area contributed by atoms with E-state index in [9.17, 15) is 9.18 Å². The molecule has 0 N–H and O–H groups in total. The Morgan fingerprint density at radius 2 is 2.09 bits per heavy atom. The third-order valence-corrected chi connectivity index (χ3v) is 5.56. The molecule has 0 aliphatic carbocycles. The molecule has 118 valence electrons. The number of benzene rings is 1. The fourth-order valence-corrected chi connectivity index (χ4v) is 3.55. The summed E-state index contributed by atoms with van der Waals surface area (Å²) in [6, 6.07) is 2.88. The van der Waals surface area contributed by atoms with E-state index in [-0.39, 0.29) is 23.4 Å². The van der Waals surface area contributed by atoms with Gasteiger partial charge in [-0.3, -0.25) is 4.79 Å². The first-order valence-corrected chi connectivity index (χ1v) is 8.80. The first-order valence-electron chi connectivity index (χ1n) is 6.81. The van der Waals surface area contributed by atoms with Crippen LogP contribution >= 0.6 is 38.9 Å². The Kier molecular flexibility index (Phi) is 5.41. The number of carbonyl (C=O) groups excluding carboxylic acids is 1. The summed E-state index contributed by atoms with van der Waals surface area (Å²) in [7, 11) is 0. The molecule has 1 aromatic carbocycles. The van der Waals surface area contributed by atoms with Crippen LogP contribution in [0.2, 0.25) is 5.02 Å². The zero-order chi connectivity index (χ0) is 16.5.